The zero-order valence-corrected chi connectivity index (χ0v) is 16.4. The molecule has 0 saturated heterocycles. The van der Waals surface area contributed by atoms with Crippen LogP contribution >= 0.6 is 0 Å². The van der Waals surface area contributed by atoms with Crippen LogP contribution in [0.5, 0.6) is 0 Å². The second kappa shape index (κ2) is 12.2. The van der Waals surface area contributed by atoms with E-state index in [1.54, 1.807) is 0 Å². The maximum absolute atomic E-state index is 11.3. The number of ketones is 1. The lowest BCUT2D eigenvalue weighted by molar-refractivity contribution is -0.121. The Hall–Kier alpha value is -0.233. The Labute approximate surface area is 143 Å². The van der Waals surface area contributed by atoms with Crippen LogP contribution in [0.3, 0.4) is 0 Å². The molecular formula is C18H36O4Si. The summed E-state index contributed by atoms with van der Waals surface area (Å²) in [5.74, 6) is 1.14. The Bertz CT molecular complexity index is 290. The third kappa shape index (κ3) is 8.43. The molecule has 136 valence electrons. The summed E-state index contributed by atoms with van der Waals surface area (Å²) in [4.78, 5) is 11.3. The van der Waals surface area contributed by atoms with Crippen LogP contribution in [-0.2, 0) is 18.1 Å². The molecule has 0 bridgehead atoms. The van der Waals surface area contributed by atoms with E-state index in [-0.39, 0.29) is 0 Å². The number of hydrogen-bond acceptors (Lipinski definition) is 4. The molecule has 0 aromatic heterocycles. The predicted octanol–water partition coefficient (Wildman–Crippen LogP) is 4.74. The summed E-state index contributed by atoms with van der Waals surface area (Å²) in [6.45, 7) is 8.53. The Balaban J connectivity index is 2.49. The minimum Gasteiger partial charge on any atom is -0.373 e. The van der Waals surface area contributed by atoms with Gasteiger partial charge in [0.15, 0.2) is 0 Å². The molecule has 5 heteroatoms. The van der Waals surface area contributed by atoms with Crippen LogP contribution in [-0.4, -0.2) is 34.4 Å². The number of rotatable bonds is 13. The molecule has 0 spiro atoms. The molecule has 0 N–H and O–H groups in total. The molecule has 0 aromatic carbocycles. The molecule has 1 aliphatic rings. The predicted molar refractivity (Wildman–Crippen MR) is 95.5 cm³/mol. The summed E-state index contributed by atoms with van der Waals surface area (Å²) < 4.78 is 18.4. The first-order valence-electron chi connectivity index (χ1n) is 9.59. The van der Waals surface area contributed by atoms with E-state index in [4.69, 9.17) is 13.3 Å². The van der Waals surface area contributed by atoms with Crippen LogP contribution in [0, 0.1) is 5.92 Å². The molecule has 23 heavy (non-hydrogen) atoms. The third-order valence-electron chi connectivity index (χ3n) is 4.34. The van der Waals surface area contributed by atoms with Gasteiger partial charge in [-0.1, -0.05) is 27.2 Å². The first-order valence-corrected chi connectivity index (χ1v) is 11.5. The average molecular weight is 345 g/mol. The maximum Gasteiger partial charge on any atom is 0.500 e. The number of carbonyl (C=O) groups excluding carboxylic acids is 1. The highest BCUT2D eigenvalue weighted by Gasteiger charge is 2.40. The summed E-state index contributed by atoms with van der Waals surface area (Å²) in [5, 5.41) is 0. The molecule has 4 nitrogen and oxygen atoms in total. The van der Waals surface area contributed by atoms with E-state index in [9.17, 15) is 4.79 Å². The summed E-state index contributed by atoms with van der Waals surface area (Å²) >= 11 is 0. The van der Waals surface area contributed by atoms with Gasteiger partial charge in [-0.2, -0.15) is 0 Å². The van der Waals surface area contributed by atoms with Crippen molar-refractivity contribution in [2.24, 2.45) is 5.92 Å². The van der Waals surface area contributed by atoms with Crippen molar-refractivity contribution in [1.29, 1.82) is 0 Å². The van der Waals surface area contributed by atoms with Crippen LogP contribution < -0.4 is 0 Å². The Morgan fingerprint density at radius 3 is 1.83 bits per heavy atom. The van der Waals surface area contributed by atoms with Gasteiger partial charge in [0.05, 0.1) is 0 Å². The third-order valence-corrected chi connectivity index (χ3v) is 7.23. The summed E-state index contributed by atoms with van der Waals surface area (Å²) in [7, 11) is -2.52. The zero-order chi connectivity index (χ0) is 17.0. The topological polar surface area (TPSA) is 44.8 Å². The largest absolute Gasteiger partial charge is 0.500 e. The van der Waals surface area contributed by atoms with E-state index < -0.39 is 8.80 Å². The second-order valence-electron chi connectivity index (χ2n) is 6.60. The van der Waals surface area contributed by atoms with Crippen LogP contribution in [0.1, 0.15) is 78.6 Å². The van der Waals surface area contributed by atoms with E-state index in [0.29, 0.717) is 11.7 Å². The van der Waals surface area contributed by atoms with Crippen LogP contribution in [0.4, 0.5) is 0 Å². The second-order valence-corrected chi connectivity index (χ2v) is 9.33. The molecule has 0 aliphatic heterocycles. The smallest absolute Gasteiger partial charge is 0.373 e. The lowest BCUT2D eigenvalue weighted by Gasteiger charge is -2.30. The highest BCUT2D eigenvalue weighted by molar-refractivity contribution is 6.60. The summed E-state index contributed by atoms with van der Waals surface area (Å²) in [5.41, 5.74) is 0. The van der Waals surface area contributed by atoms with Crippen molar-refractivity contribution in [3.63, 3.8) is 0 Å². The van der Waals surface area contributed by atoms with E-state index in [1.165, 1.54) is 6.42 Å². The van der Waals surface area contributed by atoms with E-state index in [1.807, 2.05) is 0 Å². The number of hydrogen-bond donors (Lipinski definition) is 0. The van der Waals surface area contributed by atoms with Gasteiger partial charge in [0.2, 0.25) is 0 Å². The molecule has 0 unspecified atom stereocenters. The van der Waals surface area contributed by atoms with Crippen LogP contribution in [0.2, 0.25) is 6.04 Å². The lowest BCUT2D eigenvalue weighted by atomic mass is 9.86. The molecule has 1 aliphatic carbocycles. The van der Waals surface area contributed by atoms with Crippen molar-refractivity contribution in [1.82, 2.24) is 0 Å². The molecular weight excluding hydrogens is 308 g/mol. The minimum atomic E-state index is -2.52. The van der Waals surface area contributed by atoms with Crippen molar-refractivity contribution in [3.8, 4) is 0 Å². The molecule has 1 fully saturated rings. The standard InChI is InChI=1S/C18H36O4Si/c1-4-13-20-23(21-14-5-2,22-15-6-3)16-7-8-17-9-11-18(19)12-10-17/h17H,4-16H2,1-3H3. The summed E-state index contributed by atoms with van der Waals surface area (Å²) in [6.07, 6.45) is 8.91. The Morgan fingerprint density at radius 2 is 1.39 bits per heavy atom. The molecule has 0 aromatic rings. The highest BCUT2D eigenvalue weighted by atomic mass is 28.4. The van der Waals surface area contributed by atoms with Crippen LogP contribution in [0.15, 0.2) is 0 Å². The van der Waals surface area contributed by atoms with Crippen molar-refractivity contribution >= 4 is 14.6 Å². The molecule has 0 radical (unpaired) electrons. The monoisotopic (exact) mass is 344 g/mol. The molecule has 0 amide bonds. The quantitative estimate of drug-likeness (QED) is 0.452. The molecule has 1 rings (SSSR count). The van der Waals surface area contributed by atoms with Crippen molar-refractivity contribution in [2.45, 2.75) is 84.6 Å². The van der Waals surface area contributed by atoms with E-state index >= 15 is 0 Å². The zero-order valence-electron chi connectivity index (χ0n) is 15.4. The first-order chi connectivity index (χ1) is 11.2. The van der Waals surface area contributed by atoms with Crippen LogP contribution in [0.25, 0.3) is 0 Å². The van der Waals surface area contributed by atoms with Crippen molar-refractivity contribution in [2.75, 3.05) is 19.8 Å². The number of Topliss-reactive ketones (excluding diaryl/α,β-unsaturated/α-hetero) is 1. The van der Waals surface area contributed by atoms with Gasteiger partial charge in [-0.05, 0) is 44.4 Å². The normalized spacial score (nSPS) is 16.9. The number of carbonyl (C=O) groups is 1. The Morgan fingerprint density at radius 1 is 0.913 bits per heavy atom. The van der Waals surface area contributed by atoms with Gasteiger partial charge < -0.3 is 13.3 Å². The fraction of sp³-hybridized carbons (Fsp3) is 0.944. The van der Waals surface area contributed by atoms with Crippen molar-refractivity contribution in [3.05, 3.63) is 0 Å². The van der Waals surface area contributed by atoms with Gasteiger partial charge in [0, 0.05) is 38.7 Å². The first kappa shape index (κ1) is 20.8. The van der Waals surface area contributed by atoms with E-state index in [0.717, 1.165) is 77.2 Å². The average Bonchev–Trinajstić information content (AvgIpc) is 2.57. The van der Waals surface area contributed by atoms with Gasteiger partial charge in [-0.25, -0.2) is 0 Å². The fourth-order valence-corrected chi connectivity index (χ4v) is 5.88. The van der Waals surface area contributed by atoms with Gasteiger partial charge in [0.25, 0.3) is 0 Å². The fourth-order valence-electron chi connectivity index (χ4n) is 3.01. The minimum absolute atomic E-state index is 0.439. The summed E-state index contributed by atoms with van der Waals surface area (Å²) in [6, 6.07) is 0.914. The van der Waals surface area contributed by atoms with Gasteiger partial charge in [-0.15, -0.1) is 0 Å². The van der Waals surface area contributed by atoms with Gasteiger partial charge in [-0.3, -0.25) is 4.79 Å². The van der Waals surface area contributed by atoms with Gasteiger partial charge in [0.1, 0.15) is 5.78 Å². The maximum atomic E-state index is 11.3. The Kier molecular flexibility index (Phi) is 11.0. The van der Waals surface area contributed by atoms with Crippen molar-refractivity contribution < 1.29 is 18.1 Å². The van der Waals surface area contributed by atoms with Gasteiger partial charge >= 0.3 is 8.80 Å². The molecule has 1 saturated carbocycles. The molecule has 0 atom stereocenters. The van der Waals surface area contributed by atoms with E-state index in [2.05, 4.69) is 20.8 Å². The lowest BCUT2D eigenvalue weighted by Crippen LogP contribution is -2.46. The SMILES string of the molecule is CCCO[Si](CCCC1CCC(=O)CC1)(OCCC)OCCC. The highest BCUT2D eigenvalue weighted by Crippen LogP contribution is 2.28. The molecule has 0 heterocycles.